The highest BCUT2D eigenvalue weighted by Crippen LogP contribution is 2.46. The highest BCUT2D eigenvalue weighted by atomic mass is 32.2. The van der Waals surface area contributed by atoms with Crippen LogP contribution in [-0.4, -0.2) is 102 Å². The number of methoxy groups -OCH3 is 1. The third-order valence-corrected chi connectivity index (χ3v) is 12.3. The summed E-state index contributed by atoms with van der Waals surface area (Å²) in [5, 5.41) is 6.48. The van der Waals surface area contributed by atoms with Crippen molar-refractivity contribution in [3.05, 3.63) is 42.6 Å². The Morgan fingerprint density at radius 3 is 2.67 bits per heavy atom. The van der Waals surface area contributed by atoms with E-state index in [0.29, 0.717) is 42.0 Å². The number of pyridine rings is 1. The lowest BCUT2D eigenvalue weighted by Gasteiger charge is -2.30. The number of sulfonamides is 1. The molecule has 5 unspecified atom stereocenters. The van der Waals surface area contributed by atoms with Gasteiger partial charge in [0.2, 0.25) is 27.7 Å². The largest absolute Gasteiger partial charge is 0.497 e. The Kier molecular flexibility index (Phi) is 10.5. The van der Waals surface area contributed by atoms with Crippen molar-refractivity contribution < 1.29 is 41.8 Å². The lowest BCUT2D eigenvalue weighted by molar-refractivity contribution is -0.140. The monoisotopic (exact) mass is 743 g/mol. The average molecular weight is 744 g/mol. The fourth-order valence-corrected chi connectivity index (χ4v) is 8.80. The Hall–Kier alpha value is -4.05. The second kappa shape index (κ2) is 14.5. The SMILES string of the molecule is COc1ccc2c(OC3CC4C(=O)NC5(C(=O)NS(=O)(=O)C6CC6)CC5/C=C/CCCSCC(NC(=O)OC(C)(C)C)C(=O)N4C3)nccc2c1. The number of rotatable bonds is 7. The molecule has 0 radical (unpaired) electrons. The highest BCUT2D eigenvalue weighted by Gasteiger charge is 2.62. The van der Waals surface area contributed by atoms with Crippen LogP contribution in [0.2, 0.25) is 0 Å². The molecule has 1 aromatic carbocycles. The molecule has 5 atom stereocenters. The van der Waals surface area contributed by atoms with Gasteiger partial charge in [-0.2, -0.15) is 11.8 Å². The van der Waals surface area contributed by atoms with Crippen LogP contribution in [0, 0.1) is 5.92 Å². The van der Waals surface area contributed by atoms with E-state index in [-0.39, 0.29) is 25.1 Å². The molecule has 2 aliphatic carbocycles. The number of amides is 4. The number of hydrogen-bond acceptors (Lipinski definition) is 11. The molecule has 1 saturated heterocycles. The van der Waals surface area contributed by atoms with Crippen molar-refractivity contribution in [3.63, 3.8) is 0 Å². The summed E-state index contributed by atoms with van der Waals surface area (Å²) in [5.41, 5.74) is -2.30. The van der Waals surface area contributed by atoms with Crippen LogP contribution in [0.5, 0.6) is 11.6 Å². The Bertz CT molecular complexity index is 1830. The van der Waals surface area contributed by atoms with Crippen molar-refractivity contribution >= 4 is 56.4 Å². The van der Waals surface area contributed by atoms with E-state index in [4.69, 9.17) is 14.2 Å². The normalized spacial score (nSPS) is 27.9. The molecule has 6 rings (SSSR count). The molecule has 14 nitrogen and oxygen atoms in total. The van der Waals surface area contributed by atoms with Gasteiger partial charge >= 0.3 is 6.09 Å². The minimum Gasteiger partial charge on any atom is -0.497 e. The van der Waals surface area contributed by atoms with Gasteiger partial charge in [0.05, 0.1) is 18.9 Å². The first-order valence-corrected chi connectivity index (χ1v) is 19.9. The number of nitrogens with zero attached hydrogens (tertiary/aromatic N) is 2. The second-order valence-corrected chi connectivity index (χ2v) is 17.6. The standard InChI is InChI=1S/C35H45N5O9S2/c1-34(2,3)49-33(44)37-27-20-50-15-7-5-6-8-22-18-35(22,32(43)39-51(45,46)25-10-11-25)38-29(41)28-17-24(19-40(28)31(27)42)48-30-26-12-9-23(47-4)16-21(26)13-14-36-30/h6,8-9,12-14,16,22,24-25,27-28H,5,7,10-11,15,17-20H2,1-4H3,(H,37,44)(H,38,41)(H,39,43)/b8-6+. The molecule has 0 spiro atoms. The molecule has 4 amide bonds. The lowest BCUT2D eigenvalue weighted by Crippen LogP contribution is -2.58. The third kappa shape index (κ3) is 8.54. The van der Waals surface area contributed by atoms with E-state index in [0.717, 1.165) is 11.8 Å². The quantitative estimate of drug-likeness (QED) is 0.355. The molecule has 3 fully saturated rings. The van der Waals surface area contributed by atoms with Gasteiger partial charge in [-0.3, -0.25) is 19.1 Å². The molecule has 1 aromatic heterocycles. The number of carbonyl (C=O) groups is 4. The molecule has 2 saturated carbocycles. The maximum absolute atomic E-state index is 14.4. The zero-order chi connectivity index (χ0) is 36.6. The van der Waals surface area contributed by atoms with Gasteiger partial charge in [-0.25, -0.2) is 18.2 Å². The molecule has 51 heavy (non-hydrogen) atoms. The smallest absolute Gasteiger partial charge is 0.408 e. The zero-order valence-corrected chi connectivity index (χ0v) is 30.8. The van der Waals surface area contributed by atoms with Crippen LogP contribution >= 0.6 is 11.8 Å². The Morgan fingerprint density at radius 1 is 1.16 bits per heavy atom. The van der Waals surface area contributed by atoms with Crippen LogP contribution in [0.15, 0.2) is 42.6 Å². The van der Waals surface area contributed by atoms with Crippen LogP contribution in [0.25, 0.3) is 10.8 Å². The number of alkyl carbamates (subject to hydrolysis) is 1. The number of thioether (sulfide) groups is 1. The number of allylic oxidation sites excluding steroid dienone is 1. The van der Waals surface area contributed by atoms with Crippen LogP contribution in [-0.2, 0) is 29.1 Å². The summed E-state index contributed by atoms with van der Waals surface area (Å²) >= 11 is 1.50. The molecule has 4 aliphatic rings. The Labute approximate surface area is 301 Å². The fourth-order valence-electron chi connectivity index (χ4n) is 6.44. The lowest BCUT2D eigenvalue weighted by atomic mass is 10.1. The molecular weight excluding hydrogens is 699 g/mol. The molecular formula is C35H45N5O9S2. The number of nitrogens with one attached hydrogen (secondary N) is 3. The summed E-state index contributed by atoms with van der Waals surface area (Å²) < 4.78 is 45.0. The number of carbonyl (C=O) groups excluding carboxylic acids is 4. The van der Waals surface area contributed by atoms with E-state index < -0.39 is 74.3 Å². The number of benzene rings is 1. The van der Waals surface area contributed by atoms with Crippen molar-refractivity contribution in [2.75, 3.05) is 25.2 Å². The summed E-state index contributed by atoms with van der Waals surface area (Å²) in [4.78, 5) is 61.0. The van der Waals surface area contributed by atoms with Gasteiger partial charge < -0.3 is 29.7 Å². The minimum atomic E-state index is -3.88. The average Bonchev–Trinajstić information content (AvgIpc) is 3.99. The first-order valence-electron chi connectivity index (χ1n) is 17.2. The maximum atomic E-state index is 14.4. The molecule has 16 heteroatoms. The predicted molar refractivity (Wildman–Crippen MR) is 191 cm³/mol. The number of ether oxygens (including phenoxy) is 3. The van der Waals surface area contributed by atoms with Gasteiger partial charge in [0.15, 0.2) is 0 Å². The molecule has 276 valence electrons. The molecule has 3 heterocycles. The van der Waals surface area contributed by atoms with E-state index in [1.807, 2.05) is 30.4 Å². The predicted octanol–water partition coefficient (Wildman–Crippen LogP) is 3.05. The summed E-state index contributed by atoms with van der Waals surface area (Å²) in [6.07, 6.45) is 6.58. The van der Waals surface area contributed by atoms with Gasteiger partial charge in [0, 0.05) is 29.7 Å². The summed E-state index contributed by atoms with van der Waals surface area (Å²) in [6, 6.07) is 5.13. The first kappa shape index (κ1) is 36.7. The summed E-state index contributed by atoms with van der Waals surface area (Å²) in [5.74, 6) is -0.466. The first-order chi connectivity index (χ1) is 24.2. The van der Waals surface area contributed by atoms with E-state index in [1.165, 1.54) is 16.7 Å². The summed E-state index contributed by atoms with van der Waals surface area (Å²) in [6.45, 7) is 5.15. The van der Waals surface area contributed by atoms with Crippen molar-refractivity contribution in [2.45, 2.75) is 93.9 Å². The van der Waals surface area contributed by atoms with Crippen LogP contribution in [0.1, 0.15) is 59.3 Å². The third-order valence-electron chi connectivity index (χ3n) is 9.33. The van der Waals surface area contributed by atoms with E-state index >= 15 is 0 Å². The Morgan fingerprint density at radius 2 is 1.94 bits per heavy atom. The summed E-state index contributed by atoms with van der Waals surface area (Å²) in [7, 11) is -2.31. The molecule has 0 bridgehead atoms. The zero-order valence-electron chi connectivity index (χ0n) is 29.2. The van der Waals surface area contributed by atoms with Gasteiger partial charge in [-0.1, -0.05) is 12.2 Å². The van der Waals surface area contributed by atoms with Gasteiger partial charge in [0.1, 0.15) is 35.1 Å². The Balaban J connectivity index is 1.30. The van der Waals surface area contributed by atoms with Crippen molar-refractivity contribution in [1.29, 1.82) is 0 Å². The van der Waals surface area contributed by atoms with Crippen LogP contribution in [0.3, 0.4) is 0 Å². The van der Waals surface area contributed by atoms with Crippen LogP contribution in [0.4, 0.5) is 4.79 Å². The number of fused-ring (bicyclic) bond motifs is 3. The van der Waals surface area contributed by atoms with Gasteiger partial charge in [-0.15, -0.1) is 0 Å². The fraction of sp³-hybridized carbons (Fsp3) is 0.571. The minimum absolute atomic E-state index is 0.0130. The number of aromatic nitrogens is 1. The van der Waals surface area contributed by atoms with E-state index in [1.54, 1.807) is 40.1 Å². The van der Waals surface area contributed by atoms with Gasteiger partial charge in [-0.05, 0) is 88.3 Å². The number of hydrogen-bond donors (Lipinski definition) is 3. The highest BCUT2D eigenvalue weighted by molar-refractivity contribution is 7.99. The topological polar surface area (TPSA) is 182 Å². The van der Waals surface area contributed by atoms with Gasteiger partial charge in [0.25, 0.3) is 5.91 Å². The van der Waals surface area contributed by atoms with Crippen molar-refractivity contribution in [1.82, 2.24) is 25.2 Å². The second-order valence-electron chi connectivity index (χ2n) is 14.5. The molecule has 2 aliphatic heterocycles. The van der Waals surface area contributed by atoms with E-state index in [9.17, 15) is 27.6 Å². The molecule has 2 aromatic rings. The van der Waals surface area contributed by atoms with E-state index in [2.05, 4.69) is 20.3 Å². The molecule has 3 N–H and O–H groups in total. The maximum Gasteiger partial charge on any atom is 0.408 e. The van der Waals surface area contributed by atoms with Crippen molar-refractivity contribution in [2.24, 2.45) is 5.92 Å². The van der Waals surface area contributed by atoms with Crippen LogP contribution < -0.4 is 24.8 Å². The van der Waals surface area contributed by atoms with Crippen molar-refractivity contribution in [3.8, 4) is 11.6 Å².